The first-order valence-electron chi connectivity index (χ1n) is 7.11. The highest BCUT2D eigenvalue weighted by Crippen LogP contribution is 2.09. The van der Waals surface area contributed by atoms with E-state index in [0.717, 1.165) is 19.6 Å². The molecule has 1 aromatic rings. The zero-order chi connectivity index (χ0) is 15.7. The topological polar surface area (TPSA) is 58.4 Å². The van der Waals surface area contributed by atoms with Crippen molar-refractivity contribution < 1.29 is 9.18 Å². The summed E-state index contributed by atoms with van der Waals surface area (Å²) in [6.45, 7) is 7.51. The number of nitrogens with one attached hydrogen (secondary N) is 1. The van der Waals surface area contributed by atoms with Gasteiger partial charge in [0.2, 0.25) is 0 Å². The SMILES string of the molecule is CCN(CC)CCNC(=O)c1ccc(C#CCN)c(F)c1. The van der Waals surface area contributed by atoms with Gasteiger partial charge in [0.15, 0.2) is 0 Å². The average molecular weight is 291 g/mol. The minimum Gasteiger partial charge on any atom is -0.351 e. The molecular formula is C16H22FN3O. The monoisotopic (exact) mass is 291 g/mol. The van der Waals surface area contributed by atoms with Gasteiger partial charge in [-0.25, -0.2) is 4.39 Å². The number of likely N-dealkylation sites (N-methyl/N-ethyl adjacent to an activating group) is 1. The van der Waals surface area contributed by atoms with Crippen LogP contribution in [0.1, 0.15) is 29.8 Å². The summed E-state index contributed by atoms with van der Waals surface area (Å²) in [4.78, 5) is 14.1. The van der Waals surface area contributed by atoms with Gasteiger partial charge in [-0.1, -0.05) is 25.7 Å². The molecule has 4 nitrogen and oxygen atoms in total. The summed E-state index contributed by atoms with van der Waals surface area (Å²) in [6, 6.07) is 4.26. The lowest BCUT2D eigenvalue weighted by atomic mass is 10.1. The Morgan fingerprint density at radius 1 is 1.38 bits per heavy atom. The third-order valence-electron chi connectivity index (χ3n) is 3.16. The van der Waals surface area contributed by atoms with Crippen LogP contribution in [0.15, 0.2) is 18.2 Å². The second-order valence-corrected chi connectivity index (χ2v) is 4.48. The van der Waals surface area contributed by atoms with E-state index in [2.05, 4.69) is 35.9 Å². The molecule has 0 heterocycles. The summed E-state index contributed by atoms with van der Waals surface area (Å²) in [6.07, 6.45) is 0. The number of nitrogens with zero attached hydrogens (tertiary/aromatic N) is 1. The first-order chi connectivity index (χ1) is 10.1. The molecule has 0 aliphatic rings. The fourth-order valence-electron chi connectivity index (χ4n) is 1.87. The van der Waals surface area contributed by atoms with E-state index in [9.17, 15) is 9.18 Å². The molecule has 0 bridgehead atoms. The Balaban J connectivity index is 2.61. The predicted octanol–water partition coefficient (Wildman–Crippen LogP) is 1.21. The molecule has 0 saturated carbocycles. The van der Waals surface area contributed by atoms with Crippen LogP contribution in [0.3, 0.4) is 0 Å². The van der Waals surface area contributed by atoms with Gasteiger partial charge in [-0.2, -0.15) is 0 Å². The molecule has 0 aromatic heterocycles. The zero-order valence-electron chi connectivity index (χ0n) is 12.6. The molecule has 0 spiro atoms. The average Bonchev–Trinajstić information content (AvgIpc) is 2.50. The number of carbonyl (C=O) groups excluding carboxylic acids is 1. The van der Waals surface area contributed by atoms with Crippen molar-refractivity contribution in [3.05, 3.63) is 35.1 Å². The minimum atomic E-state index is -0.507. The number of hydrogen-bond acceptors (Lipinski definition) is 3. The van der Waals surface area contributed by atoms with Gasteiger partial charge >= 0.3 is 0 Å². The second kappa shape index (κ2) is 9.11. The summed E-state index contributed by atoms with van der Waals surface area (Å²) in [5, 5.41) is 2.78. The first-order valence-corrected chi connectivity index (χ1v) is 7.11. The highest BCUT2D eigenvalue weighted by molar-refractivity contribution is 5.94. The first kappa shape index (κ1) is 17.2. The number of carbonyl (C=O) groups is 1. The molecule has 0 radical (unpaired) electrons. The molecule has 0 saturated heterocycles. The van der Waals surface area contributed by atoms with Gasteiger partial charge in [0.1, 0.15) is 5.82 Å². The van der Waals surface area contributed by atoms with Crippen LogP contribution in [-0.2, 0) is 0 Å². The summed E-state index contributed by atoms with van der Waals surface area (Å²) >= 11 is 0. The van der Waals surface area contributed by atoms with Crippen LogP contribution in [0.25, 0.3) is 0 Å². The standard InChI is InChI=1S/C16H22FN3O/c1-3-20(4-2)11-10-19-16(21)14-8-7-13(6-5-9-18)15(17)12-14/h7-8,12H,3-4,9-11,18H2,1-2H3,(H,19,21). The largest absolute Gasteiger partial charge is 0.351 e. The molecule has 0 atom stereocenters. The van der Waals surface area contributed by atoms with E-state index in [1.54, 1.807) is 6.07 Å². The lowest BCUT2D eigenvalue weighted by Gasteiger charge is -2.17. The summed E-state index contributed by atoms with van der Waals surface area (Å²) in [7, 11) is 0. The van der Waals surface area contributed by atoms with Crippen LogP contribution >= 0.6 is 0 Å². The molecule has 1 amide bonds. The molecule has 0 fully saturated rings. The number of hydrogen-bond donors (Lipinski definition) is 2. The maximum atomic E-state index is 13.8. The van der Waals surface area contributed by atoms with Crippen molar-refractivity contribution in [2.45, 2.75) is 13.8 Å². The fraction of sp³-hybridized carbons (Fsp3) is 0.438. The normalized spacial score (nSPS) is 10.1. The van der Waals surface area contributed by atoms with E-state index >= 15 is 0 Å². The van der Waals surface area contributed by atoms with E-state index in [-0.39, 0.29) is 18.0 Å². The Hall–Kier alpha value is -1.90. The fourth-order valence-corrected chi connectivity index (χ4v) is 1.87. The van der Waals surface area contributed by atoms with Crippen LogP contribution in [0, 0.1) is 17.7 Å². The molecule has 114 valence electrons. The molecule has 21 heavy (non-hydrogen) atoms. The maximum Gasteiger partial charge on any atom is 0.251 e. The Kier molecular flexibility index (Phi) is 7.44. The van der Waals surface area contributed by atoms with Crippen LogP contribution in [0.4, 0.5) is 4.39 Å². The summed E-state index contributed by atoms with van der Waals surface area (Å²) in [5.74, 6) is 4.42. The van der Waals surface area contributed by atoms with Gasteiger partial charge in [-0.3, -0.25) is 4.79 Å². The van der Waals surface area contributed by atoms with Gasteiger partial charge in [0.25, 0.3) is 5.91 Å². The molecule has 0 unspecified atom stereocenters. The van der Waals surface area contributed by atoms with Gasteiger partial charge in [0, 0.05) is 18.7 Å². The summed E-state index contributed by atoms with van der Waals surface area (Å²) < 4.78 is 13.8. The lowest BCUT2D eigenvalue weighted by Crippen LogP contribution is -2.34. The van der Waals surface area contributed by atoms with E-state index in [1.165, 1.54) is 12.1 Å². The van der Waals surface area contributed by atoms with Gasteiger partial charge in [-0.05, 0) is 31.3 Å². The van der Waals surface area contributed by atoms with Crippen molar-refractivity contribution in [1.29, 1.82) is 0 Å². The van der Waals surface area contributed by atoms with E-state index in [0.29, 0.717) is 12.1 Å². The van der Waals surface area contributed by atoms with Gasteiger partial charge in [0.05, 0.1) is 12.1 Å². The number of amides is 1. The Morgan fingerprint density at radius 2 is 2.10 bits per heavy atom. The lowest BCUT2D eigenvalue weighted by molar-refractivity contribution is 0.0948. The van der Waals surface area contributed by atoms with Crippen molar-refractivity contribution in [3.63, 3.8) is 0 Å². The van der Waals surface area contributed by atoms with E-state index in [4.69, 9.17) is 5.73 Å². The van der Waals surface area contributed by atoms with Crippen LogP contribution in [-0.4, -0.2) is 43.5 Å². The number of halogens is 1. The molecular weight excluding hydrogens is 269 g/mol. The maximum absolute atomic E-state index is 13.8. The Morgan fingerprint density at radius 3 is 2.67 bits per heavy atom. The van der Waals surface area contributed by atoms with Gasteiger partial charge in [-0.15, -0.1) is 0 Å². The van der Waals surface area contributed by atoms with Crippen molar-refractivity contribution in [2.24, 2.45) is 5.73 Å². The van der Waals surface area contributed by atoms with E-state index < -0.39 is 5.82 Å². The number of nitrogens with two attached hydrogens (primary N) is 1. The van der Waals surface area contributed by atoms with Crippen LogP contribution in [0.5, 0.6) is 0 Å². The van der Waals surface area contributed by atoms with Crippen LogP contribution < -0.4 is 11.1 Å². The molecule has 0 aliphatic carbocycles. The second-order valence-electron chi connectivity index (χ2n) is 4.48. The Labute approximate surface area is 125 Å². The molecule has 0 aliphatic heterocycles. The predicted molar refractivity (Wildman–Crippen MR) is 82.5 cm³/mol. The quantitative estimate of drug-likeness (QED) is 0.775. The molecule has 1 aromatic carbocycles. The van der Waals surface area contributed by atoms with Crippen molar-refractivity contribution >= 4 is 5.91 Å². The highest BCUT2D eigenvalue weighted by Gasteiger charge is 2.09. The zero-order valence-corrected chi connectivity index (χ0v) is 12.6. The Bertz CT molecular complexity index is 530. The van der Waals surface area contributed by atoms with E-state index in [1.807, 2.05) is 0 Å². The smallest absolute Gasteiger partial charge is 0.251 e. The minimum absolute atomic E-state index is 0.174. The van der Waals surface area contributed by atoms with Crippen molar-refractivity contribution in [3.8, 4) is 11.8 Å². The third kappa shape index (κ3) is 5.54. The van der Waals surface area contributed by atoms with Crippen molar-refractivity contribution in [1.82, 2.24) is 10.2 Å². The number of benzene rings is 1. The highest BCUT2D eigenvalue weighted by atomic mass is 19.1. The van der Waals surface area contributed by atoms with Crippen LogP contribution in [0.2, 0.25) is 0 Å². The number of rotatable bonds is 6. The third-order valence-corrected chi connectivity index (χ3v) is 3.16. The van der Waals surface area contributed by atoms with Crippen molar-refractivity contribution in [2.75, 3.05) is 32.7 Å². The molecule has 5 heteroatoms. The molecule has 1 rings (SSSR count). The molecule has 3 N–H and O–H groups in total. The summed E-state index contributed by atoms with van der Waals surface area (Å²) in [5.41, 5.74) is 5.79. The van der Waals surface area contributed by atoms with Gasteiger partial charge < -0.3 is 16.0 Å².